The highest BCUT2D eigenvalue weighted by Gasteiger charge is 2.25. The number of benzene rings is 1. The molecule has 110 valence electrons. The maximum Gasteiger partial charge on any atom is 0.227 e. The highest BCUT2D eigenvalue weighted by Crippen LogP contribution is 2.29. The largest absolute Gasteiger partial charge is 0.492 e. The predicted molar refractivity (Wildman–Crippen MR) is 84.1 cm³/mol. The second-order valence-corrected chi connectivity index (χ2v) is 6.05. The van der Waals surface area contributed by atoms with E-state index in [1.165, 1.54) is 0 Å². The van der Waals surface area contributed by atoms with Gasteiger partial charge in [0.1, 0.15) is 5.75 Å². The van der Waals surface area contributed by atoms with Crippen LogP contribution in [0, 0.1) is 5.92 Å². The SMILES string of the molecule is CCOc1ccc(Br)cc1NC(=O)[C@H]1CCN[C@@H](C)C1. The van der Waals surface area contributed by atoms with E-state index in [2.05, 4.69) is 33.5 Å². The van der Waals surface area contributed by atoms with Gasteiger partial charge in [0.05, 0.1) is 12.3 Å². The van der Waals surface area contributed by atoms with Crippen LogP contribution in [0.4, 0.5) is 5.69 Å². The summed E-state index contributed by atoms with van der Waals surface area (Å²) in [6.07, 6.45) is 1.76. The number of carbonyl (C=O) groups is 1. The molecule has 1 aliphatic rings. The van der Waals surface area contributed by atoms with Gasteiger partial charge >= 0.3 is 0 Å². The Labute approximate surface area is 128 Å². The zero-order valence-electron chi connectivity index (χ0n) is 11.9. The molecule has 1 aliphatic heterocycles. The molecule has 0 unspecified atom stereocenters. The third-order valence-corrected chi connectivity index (χ3v) is 3.99. The minimum absolute atomic E-state index is 0.0692. The van der Waals surface area contributed by atoms with E-state index in [1.54, 1.807) is 0 Å². The average molecular weight is 341 g/mol. The molecule has 2 N–H and O–H groups in total. The molecule has 1 aromatic carbocycles. The normalized spacial score (nSPS) is 22.4. The molecule has 0 saturated carbocycles. The molecule has 0 bridgehead atoms. The van der Waals surface area contributed by atoms with Gasteiger partial charge in [0.15, 0.2) is 0 Å². The van der Waals surface area contributed by atoms with Crippen LogP contribution < -0.4 is 15.4 Å². The lowest BCUT2D eigenvalue weighted by Gasteiger charge is -2.27. The Hall–Kier alpha value is -1.07. The van der Waals surface area contributed by atoms with Gasteiger partial charge in [0.25, 0.3) is 0 Å². The monoisotopic (exact) mass is 340 g/mol. The molecule has 20 heavy (non-hydrogen) atoms. The number of piperidine rings is 1. The van der Waals surface area contributed by atoms with Gasteiger partial charge in [0, 0.05) is 16.4 Å². The second-order valence-electron chi connectivity index (χ2n) is 5.14. The Balaban J connectivity index is 2.08. The zero-order chi connectivity index (χ0) is 14.5. The van der Waals surface area contributed by atoms with Gasteiger partial charge < -0.3 is 15.4 Å². The molecular weight excluding hydrogens is 320 g/mol. The van der Waals surface area contributed by atoms with E-state index >= 15 is 0 Å². The summed E-state index contributed by atoms with van der Waals surface area (Å²) >= 11 is 3.43. The van der Waals surface area contributed by atoms with Gasteiger partial charge in [-0.15, -0.1) is 0 Å². The number of halogens is 1. The first-order valence-electron chi connectivity index (χ1n) is 7.06. The molecule has 1 saturated heterocycles. The number of hydrogen-bond acceptors (Lipinski definition) is 3. The van der Waals surface area contributed by atoms with Crippen LogP contribution in [0.25, 0.3) is 0 Å². The van der Waals surface area contributed by atoms with Crippen molar-refractivity contribution in [3.8, 4) is 5.75 Å². The van der Waals surface area contributed by atoms with Crippen LogP contribution in [-0.2, 0) is 4.79 Å². The Bertz CT molecular complexity index is 479. The minimum atomic E-state index is 0.0692. The molecule has 0 radical (unpaired) electrons. The smallest absolute Gasteiger partial charge is 0.227 e. The number of amides is 1. The Morgan fingerprint density at radius 1 is 1.55 bits per heavy atom. The van der Waals surface area contributed by atoms with Crippen molar-refractivity contribution in [3.63, 3.8) is 0 Å². The molecule has 5 heteroatoms. The standard InChI is InChI=1S/C15H21BrN2O2/c1-3-20-14-5-4-12(16)9-13(14)18-15(19)11-6-7-17-10(2)8-11/h4-5,9-11,17H,3,6-8H2,1-2H3,(H,18,19)/t10-,11-/m0/s1. The Morgan fingerprint density at radius 2 is 2.35 bits per heavy atom. The topological polar surface area (TPSA) is 50.4 Å². The third kappa shape index (κ3) is 3.96. The first-order chi connectivity index (χ1) is 9.60. The molecule has 1 fully saturated rings. The minimum Gasteiger partial charge on any atom is -0.492 e. The number of hydrogen-bond donors (Lipinski definition) is 2. The summed E-state index contributed by atoms with van der Waals surface area (Å²) in [6.45, 7) is 5.53. The van der Waals surface area contributed by atoms with E-state index in [-0.39, 0.29) is 11.8 Å². The van der Waals surface area contributed by atoms with Crippen LogP contribution in [0.5, 0.6) is 5.75 Å². The van der Waals surface area contributed by atoms with Crippen LogP contribution in [0.15, 0.2) is 22.7 Å². The summed E-state index contributed by atoms with van der Waals surface area (Å²) in [5.41, 5.74) is 0.734. The van der Waals surface area contributed by atoms with Crippen LogP contribution in [0.3, 0.4) is 0 Å². The van der Waals surface area contributed by atoms with Gasteiger partial charge in [-0.05, 0) is 51.4 Å². The molecule has 0 aromatic heterocycles. The van der Waals surface area contributed by atoms with E-state index in [9.17, 15) is 4.79 Å². The van der Waals surface area contributed by atoms with Gasteiger partial charge in [-0.25, -0.2) is 0 Å². The number of anilines is 1. The van der Waals surface area contributed by atoms with Crippen molar-refractivity contribution in [2.45, 2.75) is 32.7 Å². The molecule has 1 aromatic rings. The molecule has 2 rings (SSSR count). The second kappa shape index (κ2) is 7.09. The van der Waals surface area contributed by atoms with E-state index in [4.69, 9.17) is 4.74 Å². The van der Waals surface area contributed by atoms with Gasteiger partial charge in [-0.3, -0.25) is 4.79 Å². The van der Waals surface area contributed by atoms with E-state index < -0.39 is 0 Å². The fraction of sp³-hybridized carbons (Fsp3) is 0.533. The van der Waals surface area contributed by atoms with Crippen molar-refractivity contribution >= 4 is 27.5 Å². The van der Waals surface area contributed by atoms with Gasteiger partial charge in [-0.1, -0.05) is 15.9 Å². The molecule has 1 amide bonds. The first kappa shape index (κ1) is 15.3. The third-order valence-electron chi connectivity index (χ3n) is 3.49. The van der Waals surface area contributed by atoms with Crippen molar-refractivity contribution in [1.82, 2.24) is 5.32 Å². The molecule has 2 atom stereocenters. The molecule has 0 aliphatic carbocycles. The zero-order valence-corrected chi connectivity index (χ0v) is 13.5. The molecular formula is C15H21BrN2O2. The maximum atomic E-state index is 12.4. The lowest BCUT2D eigenvalue weighted by atomic mass is 9.92. The van der Waals surface area contributed by atoms with Crippen molar-refractivity contribution in [3.05, 3.63) is 22.7 Å². The molecule has 1 heterocycles. The first-order valence-corrected chi connectivity index (χ1v) is 7.86. The van der Waals surface area contributed by atoms with Crippen molar-refractivity contribution in [1.29, 1.82) is 0 Å². The molecule has 4 nitrogen and oxygen atoms in total. The Morgan fingerprint density at radius 3 is 3.05 bits per heavy atom. The van der Waals surface area contributed by atoms with E-state index in [1.807, 2.05) is 25.1 Å². The summed E-state index contributed by atoms with van der Waals surface area (Å²) < 4.78 is 6.48. The lowest BCUT2D eigenvalue weighted by Crippen LogP contribution is -2.40. The summed E-state index contributed by atoms with van der Waals surface area (Å²) in [5.74, 6) is 0.864. The molecule has 0 spiro atoms. The van der Waals surface area contributed by atoms with Crippen molar-refractivity contribution < 1.29 is 9.53 Å². The highest BCUT2D eigenvalue weighted by atomic mass is 79.9. The number of carbonyl (C=O) groups excluding carboxylic acids is 1. The Kier molecular flexibility index (Phi) is 5.43. The number of ether oxygens (including phenoxy) is 1. The maximum absolute atomic E-state index is 12.4. The van der Waals surface area contributed by atoms with E-state index in [0.29, 0.717) is 18.4 Å². The number of nitrogens with one attached hydrogen (secondary N) is 2. The predicted octanol–water partition coefficient (Wildman–Crippen LogP) is 3.17. The van der Waals surface area contributed by atoms with Crippen molar-refractivity contribution in [2.24, 2.45) is 5.92 Å². The number of rotatable bonds is 4. The van der Waals surface area contributed by atoms with Crippen LogP contribution in [0.1, 0.15) is 26.7 Å². The average Bonchev–Trinajstić information content (AvgIpc) is 2.42. The summed E-state index contributed by atoms with van der Waals surface area (Å²) in [4.78, 5) is 12.4. The fourth-order valence-electron chi connectivity index (χ4n) is 2.49. The van der Waals surface area contributed by atoms with Crippen LogP contribution in [-0.4, -0.2) is 25.1 Å². The van der Waals surface area contributed by atoms with Crippen LogP contribution in [0.2, 0.25) is 0 Å². The van der Waals surface area contributed by atoms with Gasteiger partial charge in [-0.2, -0.15) is 0 Å². The van der Waals surface area contributed by atoms with Crippen molar-refractivity contribution in [2.75, 3.05) is 18.5 Å². The van der Waals surface area contributed by atoms with Gasteiger partial charge in [0.2, 0.25) is 5.91 Å². The van der Waals surface area contributed by atoms with E-state index in [0.717, 1.165) is 29.5 Å². The van der Waals surface area contributed by atoms with Crippen LogP contribution >= 0.6 is 15.9 Å². The quantitative estimate of drug-likeness (QED) is 0.884. The summed E-state index contributed by atoms with van der Waals surface area (Å²) in [6, 6.07) is 6.06. The lowest BCUT2D eigenvalue weighted by molar-refractivity contribution is -0.120. The summed E-state index contributed by atoms with van der Waals surface area (Å²) in [5, 5.41) is 6.36. The summed E-state index contributed by atoms with van der Waals surface area (Å²) in [7, 11) is 0. The fourth-order valence-corrected chi connectivity index (χ4v) is 2.85. The highest BCUT2D eigenvalue weighted by molar-refractivity contribution is 9.10.